The number of ether oxygens (including phenoxy) is 1. The second-order valence-electron chi connectivity index (χ2n) is 5.25. The number of nitrogens with one attached hydrogen (secondary N) is 2. The first-order chi connectivity index (χ1) is 11.2. The van der Waals surface area contributed by atoms with Gasteiger partial charge >= 0.3 is 0 Å². The summed E-state index contributed by atoms with van der Waals surface area (Å²) >= 11 is 1.85. The molecule has 0 fully saturated rings. The summed E-state index contributed by atoms with van der Waals surface area (Å²) < 4.78 is 5.12. The number of aliphatic imine (C=N–C) groups is 1. The molecular formula is C18H26IN3OS. The van der Waals surface area contributed by atoms with Crippen LogP contribution in [0, 0.1) is 0 Å². The van der Waals surface area contributed by atoms with E-state index in [0.717, 1.165) is 25.5 Å². The summed E-state index contributed by atoms with van der Waals surface area (Å²) in [7, 11) is 3.51. The molecule has 0 aliphatic carbocycles. The highest BCUT2D eigenvalue weighted by molar-refractivity contribution is 14.0. The van der Waals surface area contributed by atoms with Crippen LogP contribution in [0.1, 0.15) is 27.8 Å². The van der Waals surface area contributed by atoms with Crippen molar-refractivity contribution in [2.45, 2.75) is 33.0 Å². The summed E-state index contributed by atoms with van der Waals surface area (Å²) in [5, 5.41) is 6.69. The third-order valence-corrected chi connectivity index (χ3v) is 4.74. The molecule has 2 aromatic rings. The summed E-state index contributed by atoms with van der Waals surface area (Å²) in [6.45, 7) is 4.38. The number of guanidine groups is 1. The predicted octanol–water partition coefficient (Wildman–Crippen LogP) is 3.94. The van der Waals surface area contributed by atoms with Gasteiger partial charge in [-0.25, -0.2) is 0 Å². The maximum atomic E-state index is 5.12. The lowest BCUT2D eigenvalue weighted by Gasteiger charge is -2.11. The predicted molar refractivity (Wildman–Crippen MR) is 113 cm³/mol. The van der Waals surface area contributed by atoms with E-state index in [0.29, 0.717) is 6.61 Å². The van der Waals surface area contributed by atoms with Crippen molar-refractivity contribution in [1.29, 1.82) is 0 Å². The molecule has 0 unspecified atom stereocenters. The summed E-state index contributed by atoms with van der Waals surface area (Å²) in [5.41, 5.74) is 2.40. The minimum atomic E-state index is 0. The van der Waals surface area contributed by atoms with Crippen LogP contribution in [0.5, 0.6) is 0 Å². The summed E-state index contributed by atoms with van der Waals surface area (Å²) in [6.07, 6.45) is 1.09. The Balaban J connectivity index is 0.00000288. The number of hydrogen-bond acceptors (Lipinski definition) is 3. The summed E-state index contributed by atoms with van der Waals surface area (Å²) in [6, 6.07) is 12.8. The van der Waals surface area contributed by atoms with Crippen molar-refractivity contribution in [3.05, 3.63) is 57.3 Å². The van der Waals surface area contributed by atoms with Gasteiger partial charge in [-0.15, -0.1) is 35.3 Å². The van der Waals surface area contributed by atoms with Crippen LogP contribution in [0.25, 0.3) is 0 Å². The molecule has 0 radical (unpaired) electrons. The molecule has 0 aliphatic rings. The first kappa shape index (κ1) is 20.9. The molecule has 6 heteroatoms. The van der Waals surface area contributed by atoms with Gasteiger partial charge in [0.1, 0.15) is 0 Å². The number of hydrogen-bond donors (Lipinski definition) is 2. The maximum absolute atomic E-state index is 5.12. The molecule has 0 aliphatic heterocycles. The Bertz CT molecular complexity index is 625. The van der Waals surface area contributed by atoms with Crippen LogP contribution in [0.4, 0.5) is 0 Å². The molecule has 0 saturated carbocycles. The fourth-order valence-electron chi connectivity index (χ4n) is 2.20. The number of aryl methyl sites for hydroxylation is 1. The maximum Gasteiger partial charge on any atom is 0.191 e. The molecular weight excluding hydrogens is 433 g/mol. The van der Waals surface area contributed by atoms with Crippen LogP contribution in [-0.4, -0.2) is 20.1 Å². The van der Waals surface area contributed by atoms with Gasteiger partial charge in [-0.05, 0) is 29.7 Å². The van der Waals surface area contributed by atoms with Crippen LogP contribution < -0.4 is 10.6 Å². The second-order valence-corrected chi connectivity index (χ2v) is 6.50. The number of halogens is 1. The molecule has 0 saturated heterocycles. The lowest BCUT2D eigenvalue weighted by Crippen LogP contribution is -2.36. The van der Waals surface area contributed by atoms with Gasteiger partial charge in [0.15, 0.2) is 5.96 Å². The van der Waals surface area contributed by atoms with Crippen LogP contribution in [0.3, 0.4) is 0 Å². The van der Waals surface area contributed by atoms with Crippen LogP contribution in [-0.2, 0) is 30.9 Å². The molecule has 2 rings (SSSR count). The number of benzene rings is 1. The highest BCUT2D eigenvalue weighted by Crippen LogP contribution is 2.16. The van der Waals surface area contributed by atoms with E-state index in [2.05, 4.69) is 58.9 Å². The molecule has 24 heavy (non-hydrogen) atoms. The second kappa shape index (κ2) is 11.4. The zero-order chi connectivity index (χ0) is 16.5. The van der Waals surface area contributed by atoms with E-state index in [1.54, 1.807) is 14.2 Å². The average molecular weight is 459 g/mol. The SMILES string of the molecule is CCc1ccc(CNC(=NC)NCc2ccc(COC)cc2)s1.I. The molecule has 0 spiro atoms. The van der Waals surface area contributed by atoms with Crippen molar-refractivity contribution in [1.82, 2.24) is 10.6 Å². The Hall–Kier alpha value is -1.12. The molecule has 1 aromatic carbocycles. The lowest BCUT2D eigenvalue weighted by molar-refractivity contribution is 0.185. The Morgan fingerprint density at radius 3 is 2.21 bits per heavy atom. The van der Waals surface area contributed by atoms with Crippen LogP contribution >= 0.6 is 35.3 Å². The number of nitrogens with zero attached hydrogens (tertiary/aromatic N) is 1. The highest BCUT2D eigenvalue weighted by Gasteiger charge is 2.02. The normalized spacial score (nSPS) is 11.0. The average Bonchev–Trinajstić information content (AvgIpc) is 3.05. The van der Waals surface area contributed by atoms with E-state index in [1.807, 2.05) is 11.3 Å². The van der Waals surface area contributed by atoms with Crippen LogP contribution in [0.15, 0.2) is 41.4 Å². The van der Waals surface area contributed by atoms with Crippen molar-refractivity contribution >= 4 is 41.3 Å². The minimum Gasteiger partial charge on any atom is -0.380 e. The third-order valence-electron chi connectivity index (χ3n) is 3.51. The van der Waals surface area contributed by atoms with E-state index in [9.17, 15) is 0 Å². The lowest BCUT2D eigenvalue weighted by atomic mass is 10.1. The van der Waals surface area contributed by atoms with Crippen molar-refractivity contribution in [3.63, 3.8) is 0 Å². The summed E-state index contributed by atoms with van der Waals surface area (Å²) in [4.78, 5) is 7.02. The molecule has 0 bridgehead atoms. The van der Waals surface area contributed by atoms with E-state index in [4.69, 9.17) is 4.74 Å². The molecule has 1 aromatic heterocycles. The summed E-state index contributed by atoms with van der Waals surface area (Å²) in [5.74, 6) is 0.817. The van der Waals surface area contributed by atoms with Crippen molar-refractivity contribution in [2.24, 2.45) is 4.99 Å². The zero-order valence-electron chi connectivity index (χ0n) is 14.5. The molecule has 1 heterocycles. The quantitative estimate of drug-likeness (QED) is 0.375. The molecule has 2 N–H and O–H groups in total. The Morgan fingerprint density at radius 1 is 1.00 bits per heavy atom. The Kier molecular flexibility index (Phi) is 9.97. The molecule has 0 amide bonds. The number of methoxy groups -OCH3 is 1. The monoisotopic (exact) mass is 459 g/mol. The highest BCUT2D eigenvalue weighted by atomic mass is 127. The fourth-order valence-corrected chi connectivity index (χ4v) is 3.10. The molecule has 0 atom stereocenters. The van der Waals surface area contributed by atoms with Gasteiger partial charge < -0.3 is 15.4 Å². The van der Waals surface area contributed by atoms with E-state index in [-0.39, 0.29) is 24.0 Å². The van der Waals surface area contributed by atoms with Crippen molar-refractivity contribution < 1.29 is 4.74 Å². The van der Waals surface area contributed by atoms with Gasteiger partial charge in [0, 0.05) is 30.5 Å². The minimum absolute atomic E-state index is 0. The van der Waals surface area contributed by atoms with E-state index < -0.39 is 0 Å². The van der Waals surface area contributed by atoms with Gasteiger partial charge in [-0.1, -0.05) is 31.2 Å². The van der Waals surface area contributed by atoms with Gasteiger partial charge in [0.05, 0.1) is 13.2 Å². The molecule has 4 nitrogen and oxygen atoms in total. The smallest absolute Gasteiger partial charge is 0.191 e. The van der Waals surface area contributed by atoms with Gasteiger partial charge in [-0.2, -0.15) is 0 Å². The Labute approximate surface area is 165 Å². The van der Waals surface area contributed by atoms with E-state index >= 15 is 0 Å². The number of thiophene rings is 1. The van der Waals surface area contributed by atoms with Gasteiger partial charge in [0.2, 0.25) is 0 Å². The van der Waals surface area contributed by atoms with Gasteiger partial charge in [-0.3, -0.25) is 4.99 Å². The largest absolute Gasteiger partial charge is 0.380 e. The van der Waals surface area contributed by atoms with E-state index in [1.165, 1.54) is 20.9 Å². The molecule has 132 valence electrons. The first-order valence-electron chi connectivity index (χ1n) is 7.84. The first-order valence-corrected chi connectivity index (χ1v) is 8.65. The third kappa shape index (κ3) is 6.78. The standard InChI is InChI=1S/C18H25N3OS.HI/c1-4-16-9-10-17(23-16)12-21-18(19-2)20-11-14-5-7-15(8-6-14)13-22-3;/h5-10H,4,11-13H2,1-3H3,(H2,19,20,21);1H. The fraction of sp³-hybridized carbons (Fsp3) is 0.389. The number of rotatable bonds is 7. The van der Waals surface area contributed by atoms with Crippen molar-refractivity contribution in [3.8, 4) is 0 Å². The Morgan fingerprint density at radius 2 is 1.62 bits per heavy atom. The van der Waals surface area contributed by atoms with Gasteiger partial charge in [0.25, 0.3) is 0 Å². The van der Waals surface area contributed by atoms with Crippen LogP contribution in [0.2, 0.25) is 0 Å². The topological polar surface area (TPSA) is 45.7 Å². The van der Waals surface area contributed by atoms with Crippen molar-refractivity contribution in [2.75, 3.05) is 14.2 Å². The zero-order valence-corrected chi connectivity index (χ0v) is 17.6.